The molecule has 1 aromatic carbocycles. The van der Waals surface area contributed by atoms with Gasteiger partial charge in [0.05, 0.1) is 12.1 Å². The fourth-order valence-electron chi connectivity index (χ4n) is 2.33. The molecule has 2 N–H and O–H groups in total. The van der Waals surface area contributed by atoms with Crippen molar-refractivity contribution in [2.45, 2.75) is 37.8 Å². The molecule has 0 radical (unpaired) electrons. The van der Waals surface area contributed by atoms with E-state index < -0.39 is 0 Å². The zero-order chi connectivity index (χ0) is 11.9. The monoisotopic (exact) mass is 235 g/mol. The Kier molecular flexibility index (Phi) is 4.83. The maximum absolute atomic E-state index is 8.96. The van der Waals surface area contributed by atoms with Crippen LogP contribution in [-0.2, 0) is 4.74 Å². The molecule has 1 heterocycles. The number of ether oxygens (including phenoxy) is 1. The molecule has 17 heavy (non-hydrogen) atoms. The fraction of sp³-hybridized carbons (Fsp3) is 0.571. The second-order valence-electron chi connectivity index (χ2n) is 4.53. The minimum Gasteiger partial charge on any atom is -0.396 e. The Morgan fingerprint density at radius 2 is 2.18 bits per heavy atom. The molecular formula is C14H21NO2. The van der Waals surface area contributed by atoms with Crippen molar-refractivity contribution in [1.82, 2.24) is 0 Å². The molecule has 1 aromatic rings. The topological polar surface area (TPSA) is 41.5 Å². The van der Waals surface area contributed by atoms with Gasteiger partial charge in [-0.25, -0.2) is 0 Å². The van der Waals surface area contributed by atoms with Crippen LogP contribution in [0, 0.1) is 0 Å². The van der Waals surface area contributed by atoms with Crippen molar-refractivity contribution >= 4 is 5.69 Å². The maximum Gasteiger partial charge on any atom is 0.0776 e. The molecule has 2 atom stereocenters. The highest BCUT2D eigenvalue weighted by molar-refractivity contribution is 5.43. The smallest absolute Gasteiger partial charge is 0.0776 e. The number of anilines is 1. The van der Waals surface area contributed by atoms with Crippen molar-refractivity contribution < 1.29 is 9.84 Å². The van der Waals surface area contributed by atoms with Gasteiger partial charge in [0.1, 0.15) is 0 Å². The average molecular weight is 235 g/mol. The van der Waals surface area contributed by atoms with E-state index in [1.165, 1.54) is 0 Å². The van der Waals surface area contributed by atoms with Gasteiger partial charge < -0.3 is 15.2 Å². The number of nitrogens with one attached hydrogen (secondary N) is 1. The normalized spacial score (nSPS) is 21.4. The van der Waals surface area contributed by atoms with Gasteiger partial charge >= 0.3 is 0 Å². The predicted octanol–water partition coefficient (Wildman–Crippen LogP) is 2.42. The Bertz CT molecular complexity index is 309. The van der Waals surface area contributed by atoms with E-state index >= 15 is 0 Å². The van der Waals surface area contributed by atoms with Crippen LogP contribution in [0.1, 0.15) is 25.7 Å². The second-order valence-corrected chi connectivity index (χ2v) is 4.53. The van der Waals surface area contributed by atoms with Gasteiger partial charge in [-0.05, 0) is 37.8 Å². The molecule has 1 fully saturated rings. The summed E-state index contributed by atoms with van der Waals surface area (Å²) in [4.78, 5) is 0. The van der Waals surface area contributed by atoms with Crippen LogP contribution >= 0.6 is 0 Å². The van der Waals surface area contributed by atoms with Crippen LogP contribution < -0.4 is 5.32 Å². The van der Waals surface area contributed by atoms with Gasteiger partial charge in [-0.1, -0.05) is 18.2 Å². The molecule has 2 unspecified atom stereocenters. The lowest BCUT2D eigenvalue weighted by Crippen LogP contribution is -2.33. The van der Waals surface area contributed by atoms with E-state index in [9.17, 15) is 0 Å². The highest BCUT2D eigenvalue weighted by Crippen LogP contribution is 2.22. The summed E-state index contributed by atoms with van der Waals surface area (Å²) in [6, 6.07) is 10.5. The van der Waals surface area contributed by atoms with E-state index in [0.29, 0.717) is 12.1 Å². The molecule has 0 bridgehead atoms. The molecule has 0 aromatic heterocycles. The molecule has 0 saturated carbocycles. The maximum atomic E-state index is 8.96. The summed E-state index contributed by atoms with van der Waals surface area (Å²) in [6.07, 6.45) is 4.34. The van der Waals surface area contributed by atoms with Crippen LogP contribution in [0.5, 0.6) is 0 Å². The van der Waals surface area contributed by atoms with Gasteiger partial charge in [0, 0.05) is 18.9 Å². The van der Waals surface area contributed by atoms with E-state index in [4.69, 9.17) is 9.84 Å². The molecule has 0 amide bonds. The van der Waals surface area contributed by atoms with E-state index in [1.54, 1.807) is 0 Å². The third-order valence-corrected chi connectivity index (χ3v) is 3.21. The van der Waals surface area contributed by atoms with Crippen LogP contribution in [0.2, 0.25) is 0 Å². The third kappa shape index (κ3) is 3.72. The first-order valence-corrected chi connectivity index (χ1v) is 6.44. The molecule has 0 aliphatic carbocycles. The highest BCUT2D eigenvalue weighted by atomic mass is 16.5. The first kappa shape index (κ1) is 12.4. The highest BCUT2D eigenvalue weighted by Gasteiger charge is 2.25. The van der Waals surface area contributed by atoms with Gasteiger partial charge in [0.2, 0.25) is 0 Å². The van der Waals surface area contributed by atoms with Gasteiger partial charge in [-0.2, -0.15) is 0 Å². The second kappa shape index (κ2) is 6.62. The quantitative estimate of drug-likeness (QED) is 0.795. The Morgan fingerprint density at radius 3 is 2.82 bits per heavy atom. The van der Waals surface area contributed by atoms with Crippen LogP contribution in [0.25, 0.3) is 0 Å². The van der Waals surface area contributed by atoms with Crippen molar-refractivity contribution in [3.8, 4) is 0 Å². The summed E-state index contributed by atoms with van der Waals surface area (Å²) >= 11 is 0. The molecular weight excluding hydrogens is 214 g/mol. The van der Waals surface area contributed by atoms with E-state index in [1.807, 2.05) is 18.2 Å². The molecule has 2 rings (SSSR count). The summed E-state index contributed by atoms with van der Waals surface area (Å²) in [5.74, 6) is 0. The Hall–Kier alpha value is -1.06. The molecule has 3 nitrogen and oxygen atoms in total. The summed E-state index contributed by atoms with van der Waals surface area (Å²) in [5, 5.41) is 12.5. The number of hydrogen-bond donors (Lipinski definition) is 2. The lowest BCUT2D eigenvalue weighted by molar-refractivity contribution is 0.0908. The van der Waals surface area contributed by atoms with E-state index in [0.717, 1.165) is 38.0 Å². The van der Waals surface area contributed by atoms with Crippen molar-refractivity contribution in [3.63, 3.8) is 0 Å². The van der Waals surface area contributed by atoms with Crippen molar-refractivity contribution in [3.05, 3.63) is 30.3 Å². The molecule has 3 heteroatoms. The molecule has 1 saturated heterocycles. The SMILES string of the molecule is OCCCC(Nc1ccccc1)C1CCCO1. The van der Waals surface area contributed by atoms with Gasteiger partial charge in [-0.3, -0.25) is 0 Å². The first-order valence-electron chi connectivity index (χ1n) is 6.44. The summed E-state index contributed by atoms with van der Waals surface area (Å²) in [6.45, 7) is 1.12. The zero-order valence-corrected chi connectivity index (χ0v) is 10.1. The minimum atomic E-state index is 0.250. The Morgan fingerprint density at radius 1 is 1.35 bits per heavy atom. The summed E-state index contributed by atoms with van der Waals surface area (Å²) < 4.78 is 5.74. The van der Waals surface area contributed by atoms with Gasteiger partial charge in [0.15, 0.2) is 0 Å². The van der Waals surface area contributed by atoms with Crippen molar-refractivity contribution in [1.29, 1.82) is 0 Å². The number of aliphatic hydroxyl groups is 1. The van der Waals surface area contributed by atoms with Crippen LogP contribution in [-0.4, -0.2) is 30.5 Å². The third-order valence-electron chi connectivity index (χ3n) is 3.21. The Balaban J connectivity index is 1.94. The summed E-state index contributed by atoms with van der Waals surface area (Å²) in [5.41, 5.74) is 1.13. The largest absolute Gasteiger partial charge is 0.396 e. The number of benzene rings is 1. The fourth-order valence-corrected chi connectivity index (χ4v) is 2.33. The lowest BCUT2D eigenvalue weighted by atomic mass is 10.0. The predicted molar refractivity (Wildman–Crippen MR) is 69.1 cm³/mol. The average Bonchev–Trinajstić information content (AvgIpc) is 2.89. The van der Waals surface area contributed by atoms with Crippen LogP contribution in [0.15, 0.2) is 30.3 Å². The number of hydrogen-bond acceptors (Lipinski definition) is 3. The van der Waals surface area contributed by atoms with Crippen molar-refractivity contribution in [2.24, 2.45) is 0 Å². The zero-order valence-electron chi connectivity index (χ0n) is 10.1. The van der Waals surface area contributed by atoms with Crippen LogP contribution in [0.3, 0.4) is 0 Å². The Labute approximate surface area is 103 Å². The first-order chi connectivity index (χ1) is 8.40. The lowest BCUT2D eigenvalue weighted by Gasteiger charge is -2.25. The number of aliphatic hydroxyl groups excluding tert-OH is 1. The van der Waals surface area contributed by atoms with Gasteiger partial charge in [-0.15, -0.1) is 0 Å². The minimum absolute atomic E-state index is 0.250. The standard InChI is InChI=1S/C14H21NO2/c16-10-4-8-13(14-9-5-11-17-14)15-12-6-2-1-3-7-12/h1-3,6-7,13-16H,4-5,8-11H2. The molecule has 0 spiro atoms. The summed E-state index contributed by atoms with van der Waals surface area (Å²) in [7, 11) is 0. The molecule has 1 aliphatic rings. The van der Waals surface area contributed by atoms with E-state index in [-0.39, 0.29) is 6.61 Å². The molecule has 1 aliphatic heterocycles. The molecule has 94 valence electrons. The number of para-hydroxylation sites is 1. The van der Waals surface area contributed by atoms with Crippen molar-refractivity contribution in [2.75, 3.05) is 18.5 Å². The number of rotatable bonds is 6. The van der Waals surface area contributed by atoms with Gasteiger partial charge in [0.25, 0.3) is 0 Å². The van der Waals surface area contributed by atoms with E-state index in [2.05, 4.69) is 17.4 Å². The van der Waals surface area contributed by atoms with Crippen LogP contribution in [0.4, 0.5) is 5.69 Å².